The number of para-hydroxylation sites is 1. The molecule has 2 aromatic rings. The van der Waals surface area contributed by atoms with Gasteiger partial charge in [-0.15, -0.1) is 0 Å². The van der Waals surface area contributed by atoms with E-state index in [1.165, 1.54) is 6.07 Å². The number of anilines is 1. The van der Waals surface area contributed by atoms with Crippen molar-refractivity contribution in [2.75, 3.05) is 64.7 Å². The number of thioether (sulfide) groups is 1. The van der Waals surface area contributed by atoms with Gasteiger partial charge in [0.05, 0.1) is 56.2 Å². The highest BCUT2D eigenvalue weighted by Gasteiger charge is 2.35. The van der Waals surface area contributed by atoms with E-state index in [4.69, 9.17) is 29.4 Å². The smallest absolute Gasteiger partial charge is 0.344 e. The molecule has 0 bridgehead atoms. The third-order valence-corrected chi connectivity index (χ3v) is 6.21. The maximum absolute atomic E-state index is 13.2. The van der Waals surface area contributed by atoms with Crippen LogP contribution in [0, 0.1) is 0 Å². The van der Waals surface area contributed by atoms with Gasteiger partial charge < -0.3 is 39.8 Å². The molecule has 3 rings (SSSR count). The van der Waals surface area contributed by atoms with E-state index in [1.807, 2.05) is 30.3 Å². The van der Waals surface area contributed by atoms with Crippen molar-refractivity contribution in [1.29, 1.82) is 0 Å². The maximum atomic E-state index is 13.2. The quantitative estimate of drug-likeness (QED) is 0.114. The molecule has 10 nitrogen and oxygen atoms in total. The molecule has 0 fully saturated rings. The van der Waals surface area contributed by atoms with E-state index < -0.39 is 11.8 Å². The molecule has 2 aromatic carbocycles. The van der Waals surface area contributed by atoms with Crippen molar-refractivity contribution in [1.82, 2.24) is 0 Å². The van der Waals surface area contributed by atoms with Gasteiger partial charge in [0.1, 0.15) is 12.2 Å². The third-order valence-electron chi connectivity index (χ3n) is 5.17. The number of phenols is 1. The zero-order chi connectivity index (χ0) is 27.9. The van der Waals surface area contributed by atoms with Crippen molar-refractivity contribution in [2.45, 2.75) is 6.92 Å². The molecule has 0 aliphatic carbocycles. The second-order valence-electron chi connectivity index (χ2n) is 8.06. The Morgan fingerprint density at radius 2 is 1.64 bits per heavy atom. The Hall–Kier alpha value is -3.35. The van der Waals surface area contributed by atoms with Gasteiger partial charge in [-0.2, -0.15) is 0 Å². The van der Waals surface area contributed by atoms with E-state index in [-0.39, 0.29) is 30.3 Å². The summed E-state index contributed by atoms with van der Waals surface area (Å²) in [6.07, 6.45) is 1.64. The van der Waals surface area contributed by atoms with Crippen LogP contribution >= 0.6 is 11.8 Å². The van der Waals surface area contributed by atoms with Crippen LogP contribution in [0.15, 0.2) is 64.0 Å². The Morgan fingerprint density at radius 3 is 2.31 bits per heavy atom. The summed E-state index contributed by atoms with van der Waals surface area (Å²) in [6, 6.07) is 14.0. The van der Waals surface area contributed by atoms with Crippen LogP contribution in [0.2, 0.25) is 0 Å². The van der Waals surface area contributed by atoms with Crippen molar-refractivity contribution in [3.63, 3.8) is 0 Å². The summed E-state index contributed by atoms with van der Waals surface area (Å²) >= 11 is 1.15. The summed E-state index contributed by atoms with van der Waals surface area (Å²) in [5.41, 5.74) is 6.65. The number of hydrogen-bond acceptors (Lipinski definition) is 11. The molecule has 0 saturated heterocycles. The van der Waals surface area contributed by atoms with Gasteiger partial charge in [-0.1, -0.05) is 36.0 Å². The molecule has 1 aliphatic heterocycles. The van der Waals surface area contributed by atoms with Gasteiger partial charge in [-0.05, 0) is 42.8 Å². The molecule has 39 heavy (non-hydrogen) atoms. The Kier molecular flexibility index (Phi) is 12.8. The van der Waals surface area contributed by atoms with E-state index in [1.54, 1.807) is 25.1 Å². The first-order valence-corrected chi connectivity index (χ1v) is 13.4. The topological polar surface area (TPSA) is 139 Å². The van der Waals surface area contributed by atoms with Crippen LogP contribution in [-0.4, -0.2) is 76.3 Å². The summed E-state index contributed by atoms with van der Waals surface area (Å²) in [5.74, 6) is -0.913. The largest absolute Gasteiger partial charge is 0.504 e. The van der Waals surface area contributed by atoms with Gasteiger partial charge in [0.2, 0.25) is 5.78 Å². The lowest BCUT2D eigenvalue weighted by atomic mass is 10.1. The van der Waals surface area contributed by atoms with Gasteiger partial charge in [0.25, 0.3) is 0 Å². The van der Waals surface area contributed by atoms with Gasteiger partial charge in [-0.25, -0.2) is 4.79 Å². The number of nitrogens with two attached hydrogens (primary N) is 1. The Morgan fingerprint density at radius 1 is 0.974 bits per heavy atom. The van der Waals surface area contributed by atoms with Crippen LogP contribution in [0.3, 0.4) is 0 Å². The molecule has 4 N–H and O–H groups in total. The lowest BCUT2D eigenvalue weighted by molar-refractivity contribution is -0.139. The van der Waals surface area contributed by atoms with E-state index in [0.29, 0.717) is 61.7 Å². The summed E-state index contributed by atoms with van der Waals surface area (Å²) in [5, 5.41) is 13.8. The predicted octanol–water partition coefficient (Wildman–Crippen LogP) is 3.32. The molecule has 0 unspecified atom stereocenters. The number of benzene rings is 2. The van der Waals surface area contributed by atoms with Gasteiger partial charge in [-0.3, -0.25) is 4.79 Å². The third kappa shape index (κ3) is 9.72. The average Bonchev–Trinajstić information content (AvgIpc) is 3.23. The minimum Gasteiger partial charge on any atom is -0.504 e. The van der Waals surface area contributed by atoms with Crippen LogP contribution < -0.4 is 15.8 Å². The molecular formula is C28H34N2O8S. The van der Waals surface area contributed by atoms with E-state index in [0.717, 1.165) is 17.4 Å². The highest BCUT2D eigenvalue weighted by Crippen LogP contribution is 2.41. The minimum absolute atomic E-state index is 0.0415. The lowest BCUT2D eigenvalue weighted by Gasteiger charge is -2.10. The standard InChI is InChI=1S/C28H34N2O8S/c1-2-37-28(33)25-26(32)24(39-27(25)30-21-6-4-3-5-7-21)19-20-8-9-22(31)23(18-20)38-17-16-36-15-14-35-13-12-34-11-10-29/h3-9,18-19,30-31H,2,10-17,29H2,1H3/b24-19-. The molecule has 0 amide bonds. The Labute approximate surface area is 232 Å². The van der Waals surface area contributed by atoms with E-state index >= 15 is 0 Å². The number of hydrogen-bond donors (Lipinski definition) is 3. The van der Waals surface area contributed by atoms with Crippen LogP contribution in [0.25, 0.3) is 6.08 Å². The molecule has 0 aromatic heterocycles. The van der Waals surface area contributed by atoms with Gasteiger partial charge in [0, 0.05) is 12.2 Å². The number of rotatable bonds is 17. The molecule has 0 spiro atoms. The molecule has 0 saturated carbocycles. The van der Waals surface area contributed by atoms with E-state index in [9.17, 15) is 14.7 Å². The molecule has 1 heterocycles. The van der Waals surface area contributed by atoms with Crippen molar-refractivity contribution < 1.29 is 38.4 Å². The van der Waals surface area contributed by atoms with Crippen molar-refractivity contribution in [2.24, 2.45) is 5.73 Å². The number of Topliss-reactive ketones (excluding diaryl/α,β-unsaturated/α-hetero) is 1. The fraction of sp³-hybridized carbons (Fsp3) is 0.357. The number of aromatic hydroxyl groups is 1. The summed E-state index contributed by atoms with van der Waals surface area (Å²) in [7, 11) is 0. The predicted molar refractivity (Wildman–Crippen MR) is 149 cm³/mol. The number of phenolic OH excluding ortho intramolecular Hbond substituents is 1. The molecule has 0 atom stereocenters. The van der Waals surface area contributed by atoms with Crippen LogP contribution in [-0.2, 0) is 28.5 Å². The van der Waals surface area contributed by atoms with Crippen LogP contribution in [0.5, 0.6) is 11.5 Å². The molecular weight excluding hydrogens is 524 g/mol. The second-order valence-corrected chi connectivity index (χ2v) is 9.11. The van der Waals surface area contributed by atoms with Crippen LogP contribution in [0.1, 0.15) is 12.5 Å². The SMILES string of the molecule is CCOC(=O)C1=C(Nc2ccccc2)S/C(=C\c2ccc(O)c(OCCOCCOCCOCCN)c2)C1=O. The highest BCUT2D eigenvalue weighted by atomic mass is 32.2. The normalized spacial score (nSPS) is 14.2. The first kappa shape index (κ1) is 30.2. The number of carbonyl (C=O) groups excluding carboxylic acids is 2. The summed E-state index contributed by atoms with van der Waals surface area (Å²) in [4.78, 5) is 26.1. The second kappa shape index (κ2) is 16.6. The lowest BCUT2D eigenvalue weighted by Crippen LogP contribution is -2.16. The minimum atomic E-state index is -0.683. The average molecular weight is 559 g/mol. The monoisotopic (exact) mass is 558 g/mol. The number of ether oxygens (including phenoxy) is 5. The van der Waals surface area contributed by atoms with Gasteiger partial charge >= 0.3 is 5.97 Å². The number of ketones is 1. The summed E-state index contributed by atoms with van der Waals surface area (Å²) < 4.78 is 26.9. The summed E-state index contributed by atoms with van der Waals surface area (Å²) in [6.45, 7) is 5.11. The number of nitrogens with one attached hydrogen (secondary N) is 1. The van der Waals surface area contributed by atoms with E-state index in [2.05, 4.69) is 5.32 Å². The molecule has 0 radical (unpaired) electrons. The molecule has 210 valence electrons. The Balaban J connectivity index is 1.56. The zero-order valence-corrected chi connectivity index (χ0v) is 22.7. The first-order valence-electron chi connectivity index (χ1n) is 12.6. The number of esters is 1. The van der Waals surface area contributed by atoms with Crippen molar-refractivity contribution in [3.05, 3.63) is 69.6 Å². The first-order chi connectivity index (χ1) is 19.0. The fourth-order valence-electron chi connectivity index (χ4n) is 3.38. The van der Waals surface area contributed by atoms with Crippen molar-refractivity contribution in [3.8, 4) is 11.5 Å². The molecule has 1 aliphatic rings. The maximum Gasteiger partial charge on any atom is 0.344 e. The highest BCUT2D eigenvalue weighted by molar-refractivity contribution is 8.08. The number of allylic oxidation sites excluding steroid dienone is 1. The zero-order valence-electron chi connectivity index (χ0n) is 21.9. The van der Waals surface area contributed by atoms with Gasteiger partial charge in [0.15, 0.2) is 11.5 Å². The molecule has 11 heteroatoms. The Bertz CT molecular complexity index is 1150. The van der Waals surface area contributed by atoms with Crippen LogP contribution in [0.4, 0.5) is 5.69 Å². The number of carbonyl (C=O) groups is 2. The fourth-order valence-corrected chi connectivity index (χ4v) is 4.44. The van der Waals surface area contributed by atoms with Crippen molar-refractivity contribution >= 4 is 35.3 Å².